The van der Waals surface area contributed by atoms with Crippen molar-refractivity contribution in [2.24, 2.45) is 0 Å². The van der Waals surface area contributed by atoms with Crippen LogP contribution in [-0.2, 0) is 14.8 Å². The van der Waals surface area contributed by atoms with Gasteiger partial charge in [-0.3, -0.25) is 4.79 Å². The van der Waals surface area contributed by atoms with Crippen molar-refractivity contribution in [3.05, 3.63) is 73.0 Å². The van der Waals surface area contributed by atoms with Gasteiger partial charge < -0.3 is 14.8 Å². The largest absolute Gasteiger partial charge is 0.502 e. The summed E-state index contributed by atoms with van der Waals surface area (Å²) in [6, 6.07) is 15.0. The zero-order chi connectivity index (χ0) is 20.2. The van der Waals surface area contributed by atoms with Crippen LogP contribution in [0.1, 0.15) is 16.8 Å². The summed E-state index contributed by atoms with van der Waals surface area (Å²) in [5.41, 5.74) is 0.271. The highest BCUT2D eigenvalue weighted by atomic mass is 32.2. The molecule has 0 saturated heterocycles. The van der Waals surface area contributed by atoms with Crippen LogP contribution in [-0.4, -0.2) is 40.6 Å². The maximum Gasteiger partial charge on any atom is 0.251 e. The van der Waals surface area contributed by atoms with E-state index in [4.69, 9.17) is 9.47 Å². The summed E-state index contributed by atoms with van der Waals surface area (Å²) in [5.74, 6) is 0.321. The van der Waals surface area contributed by atoms with Gasteiger partial charge in [0.25, 0.3) is 5.91 Å². The molecule has 0 radical (unpaired) electrons. The molecule has 2 aromatic rings. The molecule has 0 bridgehead atoms. The van der Waals surface area contributed by atoms with E-state index in [1.165, 1.54) is 24.5 Å². The standard InChI is InChI=1S/C20H24N2O5S/c1-2-26-14-7-12-21-20(23)17-8-6-11-19(16-17)28(24,25)22-13-15-27-18-9-4-3-5-10-18/h2-6,8-11,16,22H,1,7,12-15H2,(H,21,23). The Morgan fingerprint density at radius 3 is 2.57 bits per heavy atom. The van der Waals surface area contributed by atoms with E-state index in [0.717, 1.165) is 0 Å². The van der Waals surface area contributed by atoms with Crippen molar-refractivity contribution >= 4 is 15.9 Å². The summed E-state index contributed by atoms with van der Waals surface area (Å²) in [6.45, 7) is 4.60. The van der Waals surface area contributed by atoms with Gasteiger partial charge in [0.1, 0.15) is 12.4 Å². The minimum absolute atomic E-state index is 0.0230. The predicted molar refractivity (Wildman–Crippen MR) is 107 cm³/mol. The summed E-state index contributed by atoms with van der Waals surface area (Å²) in [7, 11) is -3.74. The minimum Gasteiger partial charge on any atom is -0.502 e. The number of benzene rings is 2. The number of hydrogen-bond acceptors (Lipinski definition) is 5. The van der Waals surface area contributed by atoms with Gasteiger partial charge in [-0.2, -0.15) is 0 Å². The van der Waals surface area contributed by atoms with Gasteiger partial charge in [-0.15, -0.1) is 0 Å². The second-order valence-electron chi connectivity index (χ2n) is 5.73. The van der Waals surface area contributed by atoms with E-state index in [9.17, 15) is 13.2 Å². The van der Waals surface area contributed by atoms with Crippen LogP contribution >= 0.6 is 0 Å². The first kappa shape index (κ1) is 21.5. The topological polar surface area (TPSA) is 93.7 Å². The molecular formula is C20H24N2O5S. The third-order valence-corrected chi connectivity index (χ3v) is 5.11. The fourth-order valence-electron chi connectivity index (χ4n) is 2.29. The third-order valence-electron chi connectivity index (χ3n) is 3.65. The molecule has 28 heavy (non-hydrogen) atoms. The van der Waals surface area contributed by atoms with Crippen LogP contribution in [0.5, 0.6) is 5.75 Å². The first-order chi connectivity index (χ1) is 13.5. The fourth-order valence-corrected chi connectivity index (χ4v) is 3.35. The van der Waals surface area contributed by atoms with E-state index in [1.54, 1.807) is 18.2 Å². The maximum absolute atomic E-state index is 12.4. The molecule has 0 fully saturated rings. The maximum atomic E-state index is 12.4. The Kier molecular flexibility index (Phi) is 8.51. The second kappa shape index (κ2) is 11.1. The molecule has 0 heterocycles. The Hall–Kier alpha value is -2.84. The van der Waals surface area contributed by atoms with E-state index in [2.05, 4.69) is 16.6 Å². The summed E-state index contributed by atoms with van der Waals surface area (Å²) in [4.78, 5) is 12.2. The predicted octanol–water partition coefficient (Wildman–Crippen LogP) is 2.32. The summed E-state index contributed by atoms with van der Waals surface area (Å²) < 4.78 is 37.8. The van der Waals surface area contributed by atoms with Gasteiger partial charge in [0.2, 0.25) is 10.0 Å². The van der Waals surface area contributed by atoms with Crippen LogP contribution < -0.4 is 14.8 Å². The van der Waals surface area contributed by atoms with E-state index >= 15 is 0 Å². The lowest BCUT2D eigenvalue weighted by molar-refractivity contribution is 0.0950. The van der Waals surface area contributed by atoms with Gasteiger partial charge in [-0.05, 0) is 36.8 Å². The molecule has 0 saturated carbocycles. The Balaban J connectivity index is 1.86. The third kappa shape index (κ3) is 7.05. The summed E-state index contributed by atoms with van der Waals surface area (Å²) >= 11 is 0. The molecule has 0 aliphatic rings. The Labute approximate surface area is 165 Å². The van der Waals surface area contributed by atoms with Gasteiger partial charge in [0, 0.05) is 18.7 Å². The molecule has 0 spiro atoms. The number of para-hydroxylation sites is 1. The van der Waals surface area contributed by atoms with Crippen molar-refractivity contribution < 1.29 is 22.7 Å². The number of nitrogens with one attached hydrogen (secondary N) is 2. The summed E-state index contributed by atoms with van der Waals surface area (Å²) in [5, 5.41) is 2.72. The first-order valence-electron chi connectivity index (χ1n) is 8.81. The van der Waals surface area contributed by atoms with Gasteiger partial charge in [0.15, 0.2) is 0 Å². The zero-order valence-corrected chi connectivity index (χ0v) is 16.3. The van der Waals surface area contributed by atoms with Crippen molar-refractivity contribution in [2.45, 2.75) is 11.3 Å². The van der Waals surface area contributed by atoms with Crippen molar-refractivity contribution in [1.82, 2.24) is 10.0 Å². The van der Waals surface area contributed by atoms with E-state index in [-0.39, 0.29) is 29.5 Å². The molecule has 8 heteroatoms. The quantitative estimate of drug-likeness (QED) is 0.418. The molecule has 2 aromatic carbocycles. The Morgan fingerprint density at radius 2 is 1.82 bits per heavy atom. The normalized spacial score (nSPS) is 10.9. The highest BCUT2D eigenvalue weighted by Gasteiger charge is 2.16. The smallest absolute Gasteiger partial charge is 0.251 e. The monoisotopic (exact) mass is 404 g/mol. The van der Waals surface area contributed by atoms with Gasteiger partial charge in [0.05, 0.1) is 17.8 Å². The average molecular weight is 404 g/mol. The minimum atomic E-state index is -3.74. The molecule has 0 aromatic heterocycles. The summed E-state index contributed by atoms with van der Waals surface area (Å²) in [6.07, 6.45) is 1.97. The van der Waals surface area contributed by atoms with Gasteiger partial charge in [-0.25, -0.2) is 13.1 Å². The molecule has 0 aliphatic carbocycles. The number of carbonyl (C=O) groups is 1. The molecule has 0 aliphatic heterocycles. The Morgan fingerprint density at radius 1 is 1.04 bits per heavy atom. The van der Waals surface area contributed by atoms with Crippen molar-refractivity contribution in [3.8, 4) is 5.75 Å². The number of sulfonamides is 1. The molecule has 1 amide bonds. The molecule has 0 unspecified atom stereocenters. The first-order valence-corrected chi connectivity index (χ1v) is 10.3. The number of amides is 1. The molecule has 2 N–H and O–H groups in total. The van der Waals surface area contributed by atoms with Crippen LogP contribution in [0, 0.1) is 0 Å². The second-order valence-corrected chi connectivity index (χ2v) is 7.50. The van der Waals surface area contributed by atoms with Gasteiger partial charge >= 0.3 is 0 Å². The molecule has 7 nitrogen and oxygen atoms in total. The van der Waals surface area contributed by atoms with Crippen molar-refractivity contribution in [2.75, 3.05) is 26.3 Å². The SMILES string of the molecule is C=COCCCNC(=O)c1cccc(S(=O)(=O)NCCOc2ccccc2)c1. The Bertz CT molecular complexity index is 869. The zero-order valence-electron chi connectivity index (χ0n) is 15.5. The van der Waals surface area contributed by atoms with Crippen LogP contribution in [0.25, 0.3) is 0 Å². The van der Waals surface area contributed by atoms with Crippen molar-refractivity contribution in [3.63, 3.8) is 0 Å². The highest BCUT2D eigenvalue weighted by molar-refractivity contribution is 7.89. The van der Waals surface area contributed by atoms with Gasteiger partial charge in [-0.1, -0.05) is 30.8 Å². The lowest BCUT2D eigenvalue weighted by Gasteiger charge is -2.10. The van der Waals surface area contributed by atoms with Crippen LogP contribution in [0.3, 0.4) is 0 Å². The van der Waals surface area contributed by atoms with E-state index in [1.807, 2.05) is 18.2 Å². The van der Waals surface area contributed by atoms with Crippen LogP contribution in [0.4, 0.5) is 0 Å². The van der Waals surface area contributed by atoms with E-state index in [0.29, 0.717) is 25.3 Å². The number of carbonyl (C=O) groups excluding carboxylic acids is 1. The highest BCUT2D eigenvalue weighted by Crippen LogP contribution is 2.12. The fraction of sp³-hybridized carbons (Fsp3) is 0.250. The molecule has 150 valence electrons. The van der Waals surface area contributed by atoms with E-state index < -0.39 is 10.0 Å². The number of rotatable bonds is 12. The molecular weight excluding hydrogens is 380 g/mol. The van der Waals surface area contributed by atoms with Crippen molar-refractivity contribution in [1.29, 1.82) is 0 Å². The lowest BCUT2D eigenvalue weighted by Crippen LogP contribution is -2.29. The van der Waals surface area contributed by atoms with Crippen LogP contribution in [0.15, 0.2) is 72.3 Å². The molecule has 2 rings (SSSR count). The number of hydrogen-bond donors (Lipinski definition) is 2. The number of ether oxygens (including phenoxy) is 2. The molecule has 0 atom stereocenters. The lowest BCUT2D eigenvalue weighted by atomic mass is 10.2. The average Bonchev–Trinajstić information content (AvgIpc) is 2.72. The van der Waals surface area contributed by atoms with Crippen LogP contribution in [0.2, 0.25) is 0 Å².